The van der Waals surface area contributed by atoms with Crippen molar-refractivity contribution in [1.29, 1.82) is 0 Å². The zero-order valence-corrected chi connectivity index (χ0v) is 12.5. The number of aliphatic hydroxyl groups is 1. The lowest BCUT2D eigenvalue weighted by molar-refractivity contribution is 0.214. The van der Waals surface area contributed by atoms with Gasteiger partial charge in [0, 0.05) is 11.6 Å². The van der Waals surface area contributed by atoms with Crippen LogP contribution in [0, 0.1) is 32.4 Å². The first-order valence-electron chi connectivity index (χ1n) is 6.64. The van der Waals surface area contributed by atoms with E-state index in [4.69, 9.17) is 4.74 Å². The van der Waals surface area contributed by atoms with Crippen molar-refractivity contribution in [1.82, 2.24) is 0 Å². The maximum atomic E-state index is 13.9. The molecule has 0 bridgehead atoms. The quantitative estimate of drug-likeness (QED) is 0.927. The number of benzene rings is 2. The number of rotatable bonds is 3. The lowest BCUT2D eigenvalue weighted by Gasteiger charge is -2.17. The predicted octanol–water partition coefficient (Wildman–Crippen LogP) is 3.98. The molecule has 0 saturated carbocycles. The van der Waals surface area contributed by atoms with Crippen molar-refractivity contribution in [3.05, 3.63) is 63.7 Å². The number of aryl methyl sites for hydroxylation is 3. The van der Waals surface area contributed by atoms with Gasteiger partial charge in [0.1, 0.15) is 23.5 Å². The van der Waals surface area contributed by atoms with E-state index in [9.17, 15) is 13.9 Å². The van der Waals surface area contributed by atoms with Gasteiger partial charge < -0.3 is 9.84 Å². The summed E-state index contributed by atoms with van der Waals surface area (Å²) >= 11 is 0. The normalized spacial score (nSPS) is 12.3. The van der Waals surface area contributed by atoms with Gasteiger partial charge in [-0.05, 0) is 61.2 Å². The second-order valence-corrected chi connectivity index (χ2v) is 5.21. The summed E-state index contributed by atoms with van der Waals surface area (Å²) < 4.78 is 32.5. The van der Waals surface area contributed by atoms with Gasteiger partial charge in [0.25, 0.3) is 0 Å². The molecular weight excluding hydrogens is 274 g/mol. The lowest BCUT2D eigenvalue weighted by atomic mass is 9.96. The second-order valence-electron chi connectivity index (χ2n) is 5.21. The van der Waals surface area contributed by atoms with Crippen molar-refractivity contribution in [2.75, 3.05) is 7.11 Å². The van der Waals surface area contributed by atoms with Crippen LogP contribution in [0.4, 0.5) is 8.78 Å². The molecule has 2 aromatic carbocycles. The van der Waals surface area contributed by atoms with Gasteiger partial charge in [0.2, 0.25) is 0 Å². The molecule has 1 N–H and O–H groups in total. The van der Waals surface area contributed by atoms with E-state index in [1.54, 1.807) is 19.2 Å². The van der Waals surface area contributed by atoms with Crippen LogP contribution in [0.1, 0.15) is 33.9 Å². The highest BCUT2D eigenvalue weighted by Gasteiger charge is 2.19. The summed E-state index contributed by atoms with van der Waals surface area (Å²) in [4.78, 5) is 0. The highest BCUT2D eigenvalue weighted by molar-refractivity contribution is 5.46. The van der Waals surface area contributed by atoms with E-state index in [0.29, 0.717) is 11.1 Å². The Labute approximate surface area is 123 Å². The highest BCUT2D eigenvalue weighted by atomic mass is 19.1. The van der Waals surface area contributed by atoms with E-state index in [0.717, 1.165) is 22.9 Å². The summed E-state index contributed by atoms with van der Waals surface area (Å²) in [5.74, 6) is -0.635. The summed E-state index contributed by atoms with van der Waals surface area (Å²) in [6.07, 6.45) is -1.15. The van der Waals surface area contributed by atoms with Crippen LogP contribution in [0.3, 0.4) is 0 Å². The van der Waals surface area contributed by atoms with Crippen LogP contribution in [0.5, 0.6) is 5.75 Å². The number of hydrogen-bond donors (Lipinski definition) is 1. The minimum absolute atomic E-state index is 0.0675. The Kier molecular flexibility index (Phi) is 4.28. The standard InChI is InChI=1S/C17H18F2O2/c1-9-7-13(15(19)8-14(9)18)16(20)12-5-10(2)17(21-4)11(3)6-12/h5-8,16,20H,1-4H3. The molecule has 0 fully saturated rings. The highest BCUT2D eigenvalue weighted by Crippen LogP contribution is 2.31. The molecule has 1 unspecified atom stereocenters. The minimum Gasteiger partial charge on any atom is -0.496 e. The van der Waals surface area contributed by atoms with Crippen LogP contribution in [-0.2, 0) is 0 Å². The summed E-state index contributed by atoms with van der Waals surface area (Å²) in [5, 5.41) is 10.4. The Morgan fingerprint density at radius 3 is 2.00 bits per heavy atom. The molecule has 1 atom stereocenters. The Bertz CT molecular complexity index is 658. The van der Waals surface area contributed by atoms with Crippen LogP contribution in [0.25, 0.3) is 0 Å². The van der Waals surface area contributed by atoms with Crippen molar-refractivity contribution in [2.24, 2.45) is 0 Å². The monoisotopic (exact) mass is 292 g/mol. The fourth-order valence-electron chi connectivity index (χ4n) is 2.53. The molecule has 4 heteroatoms. The smallest absolute Gasteiger partial charge is 0.132 e. The van der Waals surface area contributed by atoms with Crippen LogP contribution >= 0.6 is 0 Å². The van der Waals surface area contributed by atoms with Gasteiger partial charge in [-0.3, -0.25) is 0 Å². The molecule has 0 aliphatic rings. The van der Waals surface area contributed by atoms with Crippen molar-refractivity contribution < 1.29 is 18.6 Å². The van der Waals surface area contributed by atoms with E-state index < -0.39 is 17.7 Å². The zero-order valence-electron chi connectivity index (χ0n) is 12.5. The largest absolute Gasteiger partial charge is 0.496 e. The fourth-order valence-corrected chi connectivity index (χ4v) is 2.53. The average Bonchev–Trinajstić information content (AvgIpc) is 2.41. The molecule has 2 nitrogen and oxygen atoms in total. The van der Waals surface area contributed by atoms with Crippen LogP contribution in [-0.4, -0.2) is 12.2 Å². The third-order valence-electron chi connectivity index (χ3n) is 3.58. The number of aliphatic hydroxyl groups excluding tert-OH is 1. The SMILES string of the molecule is COc1c(C)cc(C(O)c2cc(C)c(F)cc2F)cc1C. The molecule has 0 aliphatic heterocycles. The minimum atomic E-state index is -1.15. The second kappa shape index (κ2) is 5.82. The van der Waals surface area contributed by atoms with Gasteiger partial charge in [-0.15, -0.1) is 0 Å². The van der Waals surface area contributed by atoms with Crippen LogP contribution in [0.2, 0.25) is 0 Å². The number of methoxy groups -OCH3 is 1. The van der Waals surface area contributed by atoms with Gasteiger partial charge in [0.05, 0.1) is 7.11 Å². The fraction of sp³-hybridized carbons (Fsp3) is 0.294. The van der Waals surface area contributed by atoms with Gasteiger partial charge in [0.15, 0.2) is 0 Å². The first-order chi connectivity index (χ1) is 9.85. The maximum absolute atomic E-state index is 13.9. The molecule has 2 rings (SSSR count). The number of halogens is 2. The van der Waals surface area contributed by atoms with Crippen molar-refractivity contribution >= 4 is 0 Å². The molecule has 0 aromatic heterocycles. The Balaban J connectivity index is 2.50. The molecule has 0 radical (unpaired) electrons. The predicted molar refractivity (Wildman–Crippen MR) is 77.6 cm³/mol. The molecule has 0 spiro atoms. The van der Waals surface area contributed by atoms with E-state index in [2.05, 4.69) is 0 Å². The van der Waals surface area contributed by atoms with Gasteiger partial charge >= 0.3 is 0 Å². The van der Waals surface area contributed by atoms with Crippen molar-refractivity contribution in [3.8, 4) is 5.75 Å². The molecule has 21 heavy (non-hydrogen) atoms. The van der Waals surface area contributed by atoms with Crippen molar-refractivity contribution in [3.63, 3.8) is 0 Å². The average molecular weight is 292 g/mol. The molecule has 112 valence electrons. The van der Waals surface area contributed by atoms with Crippen LogP contribution in [0.15, 0.2) is 24.3 Å². The lowest BCUT2D eigenvalue weighted by Crippen LogP contribution is -2.06. The maximum Gasteiger partial charge on any atom is 0.132 e. The molecule has 0 aliphatic carbocycles. The topological polar surface area (TPSA) is 29.5 Å². The Morgan fingerprint density at radius 2 is 1.48 bits per heavy atom. The van der Waals surface area contributed by atoms with Gasteiger partial charge in [-0.25, -0.2) is 8.78 Å². The molecule has 0 amide bonds. The van der Waals surface area contributed by atoms with Crippen LogP contribution < -0.4 is 4.74 Å². The van der Waals surface area contributed by atoms with E-state index in [1.807, 2.05) is 13.8 Å². The zero-order chi connectivity index (χ0) is 15.7. The first-order valence-corrected chi connectivity index (χ1v) is 6.64. The van der Waals surface area contributed by atoms with E-state index in [1.165, 1.54) is 13.0 Å². The van der Waals surface area contributed by atoms with Gasteiger partial charge in [-0.2, -0.15) is 0 Å². The molecule has 2 aromatic rings. The Morgan fingerprint density at radius 1 is 0.905 bits per heavy atom. The summed E-state index contributed by atoms with van der Waals surface area (Å²) in [6, 6.07) is 5.63. The molecular formula is C17H18F2O2. The van der Waals surface area contributed by atoms with E-state index >= 15 is 0 Å². The number of hydrogen-bond acceptors (Lipinski definition) is 2. The van der Waals surface area contributed by atoms with Gasteiger partial charge in [-0.1, -0.05) is 0 Å². The third kappa shape index (κ3) is 2.90. The molecule has 0 saturated heterocycles. The Hall–Kier alpha value is -1.94. The molecule has 0 heterocycles. The third-order valence-corrected chi connectivity index (χ3v) is 3.58. The number of ether oxygens (including phenoxy) is 1. The first kappa shape index (κ1) is 15.4. The van der Waals surface area contributed by atoms with E-state index in [-0.39, 0.29) is 5.56 Å². The summed E-state index contributed by atoms with van der Waals surface area (Å²) in [7, 11) is 1.58. The van der Waals surface area contributed by atoms with Crippen molar-refractivity contribution in [2.45, 2.75) is 26.9 Å². The summed E-state index contributed by atoms with van der Waals surface area (Å²) in [5.41, 5.74) is 2.62. The summed E-state index contributed by atoms with van der Waals surface area (Å²) in [6.45, 7) is 5.25.